The van der Waals surface area contributed by atoms with Crippen LogP contribution in [-0.2, 0) is 16.4 Å². The zero-order valence-electron chi connectivity index (χ0n) is 17.0. The fourth-order valence-electron chi connectivity index (χ4n) is 3.05. The average molecular weight is 462 g/mol. The van der Waals surface area contributed by atoms with Crippen LogP contribution in [0.4, 0.5) is 4.39 Å². The normalized spacial score (nSPS) is 12.5. The number of hydrogen-bond acceptors (Lipinski definition) is 5. The molecule has 8 heteroatoms. The van der Waals surface area contributed by atoms with E-state index in [1.54, 1.807) is 12.1 Å². The van der Waals surface area contributed by atoms with Crippen LogP contribution in [-0.4, -0.2) is 24.4 Å². The van der Waals surface area contributed by atoms with Crippen molar-refractivity contribution in [3.63, 3.8) is 0 Å². The fraction of sp³-hybridized carbons (Fsp3) is 0.217. The van der Waals surface area contributed by atoms with Gasteiger partial charge in [0.25, 0.3) is 0 Å². The van der Waals surface area contributed by atoms with Gasteiger partial charge in [0, 0.05) is 18.0 Å². The summed E-state index contributed by atoms with van der Waals surface area (Å²) < 4.78 is 47.3. The molecule has 2 aromatic carbocycles. The minimum Gasteiger partial charge on any atom is -0.487 e. The number of aromatic nitrogens is 1. The van der Waals surface area contributed by atoms with Gasteiger partial charge in [-0.05, 0) is 43.7 Å². The van der Waals surface area contributed by atoms with E-state index in [0.717, 1.165) is 11.6 Å². The minimum absolute atomic E-state index is 0.00951. The van der Waals surface area contributed by atoms with Gasteiger partial charge in [-0.2, -0.15) is 0 Å². The minimum atomic E-state index is -4.14. The van der Waals surface area contributed by atoms with Crippen molar-refractivity contribution in [3.8, 4) is 5.75 Å². The van der Waals surface area contributed by atoms with Gasteiger partial charge < -0.3 is 4.74 Å². The standard InChI is InChI=1S/C23H21ClFNO4S/c1-15(2)31(28,29)23(21(27)17-9-6-12-26-13-17)20-19(25)11-10-18(24)22(20)30-14-16-7-4-3-5-8-16/h3-13,15,23H,14H2,1-2H3. The summed E-state index contributed by atoms with van der Waals surface area (Å²) in [6.07, 6.45) is 2.70. The molecule has 0 spiro atoms. The highest BCUT2D eigenvalue weighted by molar-refractivity contribution is 7.93. The Morgan fingerprint density at radius 1 is 1.10 bits per heavy atom. The topological polar surface area (TPSA) is 73.3 Å². The zero-order chi connectivity index (χ0) is 22.6. The number of ketones is 1. The molecule has 0 aliphatic carbocycles. The molecule has 0 amide bonds. The van der Waals surface area contributed by atoms with E-state index in [9.17, 15) is 13.2 Å². The van der Waals surface area contributed by atoms with Gasteiger partial charge in [0.2, 0.25) is 0 Å². The molecular formula is C23H21ClFNO4S. The molecular weight excluding hydrogens is 441 g/mol. The van der Waals surface area contributed by atoms with Crippen molar-refractivity contribution in [2.24, 2.45) is 0 Å². The first-order valence-electron chi connectivity index (χ1n) is 9.55. The van der Waals surface area contributed by atoms with Gasteiger partial charge in [-0.3, -0.25) is 9.78 Å². The van der Waals surface area contributed by atoms with E-state index in [4.69, 9.17) is 16.3 Å². The first kappa shape index (κ1) is 22.9. The molecule has 1 heterocycles. The van der Waals surface area contributed by atoms with Gasteiger partial charge in [0.15, 0.2) is 20.9 Å². The summed E-state index contributed by atoms with van der Waals surface area (Å²) in [5.41, 5.74) is 0.423. The monoisotopic (exact) mass is 461 g/mol. The molecule has 0 aliphatic rings. The van der Waals surface area contributed by atoms with Crippen LogP contribution in [0.1, 0.15) is 40.6 Å². The van der Waals surface area contributed by atoms with Crippen LogP contribution < -0.4 is 4.74 Å². The van der Waals surface area contributed by atoms with Gasteiger partial charge in [-0.15, -0.1) is 0 Å². The van der Waals surface area contributed by atoms with Gasteiger partial charge in [0.1, 0.15) is 18.2 Å². The van der Waals surface area contributed by atoms with Gasteiger partial charge in [0.05, 0.1) is 15.8 Å². The maximum atomic E-state index is 15.1. The van der Waals surface area contributed by atoms with E-state index in [-0.39, 0.29) is 22.9 Å². The van der Waals surface area contributed by atoms with E-state index >= 15 is 4.39 Å². The highest BCUT2D eigenvalue weighted by atomic mass is 35.5. The number of sulfone groups is 1. The third kappa shape index (κ3) is 4.94. The summed E-state index contributed by atoms with van der Waals surface area (Å²) >= 11 is 6.28. The highest BCUT2D eigenvalue weighted by Crippen LogP contribution is 2.41. The molecule has 0 bridgehead atoms. The Morgan fingerprint density at radius 3 is 2.42 bits per heavy atom. The number of carbonyl (C=O) groups is 1. The van der Waals surface area contributed by atoms with E-state index in [1.807, 2.05) is 18.2 Å². The molecule has 3 rings (SSSR count). The summed E-state index contributed by atoms with van der Waals surface area (Å²) in [6.45, 7) is 2.89. The molecule has 162 valence electrons. The van der Waals surface area contributed by atoms with Crippen molar-refractivity contribution in [2.75, 3.05) is 0 Å². The molecule has 31 heavy (non-hydrogen) atoms. The van der Waals surface area contributed by atoms with Crippen molar-refractivity contribution < 1.29 is 22.3 Å². The fourth-order valence-corrected chi connectivity index (χ4v) is 4.79. The summed E-state index contributed by atoms with van der Waals surface area (Å²) in [4.78, 5) is 17.2. The van der Waals surface area contributed by atoms with Crippen molar-refractivity contribution in [2.45, 2.75) is 31.0 Å². The largest absolute Gasteiger partial charge is 0.487 e. The number of ether oxygens (including phenoxy) is 1. The van der Waals surface area contributed by atoms with Crippen molar-refractivity contribution >= 4 is 27.2 Å². The lowest BCUT2D eigenvalue weighted by Crippen LogP contribution is -2.30. The molecule has 1 unspecified atom stereocenters. The van der Waals surface area contributed by atoms with Crippen LogP contribution in [0.3, 0.4) is 0 Å². The van der Waals surface area contributed by atoms with E-state index < -0.39 is 37.5 Å². The third-order valence-corrected chi connectivity index (χ3v) is 7.47. The van der Waals surface area contributed by atoms with Gasteiger partial charge in [-0.1, -0.05) is 41.9 Å². The van der Waals surface area contributed by atoms with E-state index in [1.165, 1.54) is 44.4 Å². The van der Waals surface area contributed by atoms with E-state index in [0.29, 0.717) is 0 Å². The number of pyridine rings is 1. The molecule has 3 aromatic rings. The molecule has 0 N–H and O–H groups in total. The highest BCUT2D eigenvalue weighted by Gasteiger charge is 2.41. The number of hydrogen-bond donors (Lipinski definition) is 0. The maximum Gasteiger partial charge on any atom is 0.187 e. The Bertz CT molecular complexity index is 1170. The van der Waals surface area contributed by atoms with Crippen LogP contribution in [0.15, 0.2) is 67.0 Å². The number of halogens is 2. The zero-order valence-corrected chi connectivity index (χ0v) is 18.5. The number of Topliss-reactive ketones (excluding diaryl/α,β-unsaturated/α-hetero) is 1. The van der Waals surface area contributed by atoms with Crippen molar-refractivity contribution in [3.05, 3.63) is 94.5 Å². The Labute approximate surface area is 185 Å². The van der Waals surface area contributed by atoms with Crippen LogP contribution in [0.2, 0.25) is 5.02 Å². The predicted octanol–water partition coefficient (Wildman–Crippen LogP) is 5.20. The third-order valence-electron chi connectivity index (χ3n) is 4.75. The lowest BCUT2D eigenvalue weighted by Gasteiger charge is -2.23. The summed E-state index contributed by atoms with van der Waals surface area (Å²) in [6, 6.07) is 14.3. The summed E-state index contributed by atoms with van der Waals surface area (Å²) in [7, 11) is -4.14. The SMILES string of the molecule is CC(C)S(=O)(=O)C(C(=O)c1cccnc1)c1c(F)ccc(Cl)c1OCc1ccccc1. The first-order chi connectivity index (χ1) is 14.7. The van der Waals surface area contributed by atoms with Crippen LogP contribution in [0.5, 0.6) is 5.75 Å². The maximum absolute atomic E-state index is 15.1. The quantitative estimate of drug-likeness (QED) is 0.431. The molecule has 5 nitrogen and oxygen atoms in total. The summed E-state index contributed by atoms with van der Waals surface area (Å²) in [5, 5.41) is -2.77. The number of benzene rings is 2. The molecule has 0 saturated heterocycles. The van der Waals surface area contributed by atoms with Gasteiger partial charge in [-0.25, -0.2) is 12.8 Å². The smallest absolute Gasteiger partial charge is 0.187 e. The first-order valence-corrected chi connectivity index (χ1v) is 11.5. The van der Waals surface area contributed by atoms with Crippen LogP contribution >= 0.6 is 11.6 Å². The molecule has 0 radical (unpaired) electrons. The van der Waals surface area contributed by atoms with Crippen LogP contribution in [0.25, 0.3) is 0 Å². The molecule has 0 fully saturated rings. The predicted molar refractivity (Wildman–Crippen MR) is 118 cm³/mol. The Balaban J connectivity index is 2.16. The second-order valence-corrected chi connectivity index (χ2v) is 10.2. The second kappa shape index (κ2) is 9.58. The molecule has 1 aromatic heterocycles. The number of nitrogens with zero attached hydrogens (tertiary/aromatic N) is 1. The average Bonchev–Trinajstić information content (AvgIpc) is 2.76. The Kier molecular flexibility index (Phi) is 7.08. The molecule has 1 atom stereocenters. The second-order valence-electron chi connectivity index (χ2n) is 7.17. The van der Waals surface area contributed by atoms with Gasteiger partial charge >= 0.3 is 0 Å². The Morgan fingerprint density at radius 2 is 1.81 bits per heavy atom. The van der Waals surface area contributed by atoms with E-state index in [2.05, 4.69) is 4.98 Å². The molecule has 0 saturated carbocycles. The number of rotatable bonds is 8. The summed E-state index contributed by atoms with van der Waals surface area (Å²) in [5.74, 6) is -1.86. The van der Waals surface area contributed by atoms with Crippen molar-refractivity contribution in [1.29, 1.82) is 0 Å². The van der Waals surface area contributed by atoms with Crippen molar-refractivity contribution in [1.82, 2.24) is 4.98 Å². The lowest BCUT2D eigenvalue weighted by atomic mass is 10.0. The number of carbonyl (C=O) groups excluding carboxylic acids is 1. The van der Waals surface area contributed by atoms with Crippen LogP contribution in [0, 0.1) is 5.82 Å². The molecule has 0 aliphatic heterocycles. The lowest BCUT2D eigenvalue weighted by molar-refractivity contribution is 0.0983. The Hall–Kier alpha value is -2.77.